The third kappa shape index (κ3) is 2.53. The fourth-order valence-electron chi connectivity index (χ4n) is 1.08. The number of hydrogen-bond acceptors (Lipinski definition) is 1. The number of aldehydes is 1. The molecule has 0 aliphatic carbocycles. The minimum absolute atomic E-state index is 0.715. The van der Waals surface area contributed by atoms with Crippen LogP contribution >= 0.6 is 0 Å². The van der Waals surface area contributed by atoms with Crippen molar-refractivity contribution in [1.82, 2.24) is 4.57 Å². The molecule has 12 heavy (non-hydrogen) atoms. The van der Waals surface area contributed by atoms with Crippen molar-refractivity contribution in [2.24, 2.45) is 5.92 Å². The number of rotatable bonds is 4. The van der Waals surface area contributed by atoms with Crippen molar-refractivity contribution >= 4 is 6.29 Å². The molecule has 0 aliphatic heterocycles. The second-order valence-electron chi connectivity index (χ2n) is 3.48. The highest BCUT2D eigenvalue weighted by Gasteiger charge is 1.96. The summed E-state index contributed by atoms with van der Waals surface area (Å²) in [4.78, 5) is 10.3. The molecule has 0 unspecified atom stereocenters. The molecule has 0 N–H and O–H groups in total. The smallest absolute Gasteiger partial charge is 0.151 e. The molecule has 1 aromatic rings. The highest BCUT2D eigenvalue weighted by atomic mass is 16.1. The van der Waals surface area contributed by atoms with Gasteiger partial charge in [0.05, 0.1) is 0 Å². The zero-order valence-electron chi connectivity index (χ0n) is 7.66. The van der Waals surface area contributed by atoms with Gasteiger partial charge in [0.25, 0.3) is 0 Å². The predicted octanol–water partition coefficient (Wildman–Crippen LogP) is 2.35. The van der Waals surface area contributed by atoms with Crippen molar-refractivity contribution in [3.05, 3.63) is 24.0 Å². The number of hydrogen-bond donors (Lipinski definition) is 0. The second kappa shape index (κ2) is 4.10. The van der Waals surface area contributed by atoms with Crippen molar-refractivity contribution in [3.63, 3.8) is 0 Å². The van der Waals surface area contributed by atoms with Gasteiger partial charge in [0.2, 0.25) is 0 Å². The monoisotopic (exact) mass is 165 g/mol. The Bertz CT molecular complexity index is 250. The zero-order chi connectivity index (χ0) is 8.97. The lowest BCUT2D eigenvalue weighted by atomic mass is 10.1. The zero-order valence-corrected chi connectivity index (χ0v) is 7.66. The third-order valence-electron chi connectivity index (χ3n) is 1.87. The summed E-state index contributed by atoms with van der Waals surface area (Å²) in [5.41, 5.74) is 0.763. The van der Waals surface area contributed by atoms with Gasteiger partial charge in [-0.3, -0.25) is 4.79 Å². The van der Waals surface area contributed by atoms with E-state index in [9.17, 15) is 4.79 Å². The fourth-order valence-corrected chi connectivity index (χ4v) is 1.08. The Morgan fingerprint density at radius 1 is 1.58 bits per heavy atom. The van der Waals surface area contributed by atoms with E-state index < -0.39 is 0 Å². The molecule has 0 atom stereocenters. The van der Waals surface area contributed by atoms with Crippen LogP contribution in [0.2, 0.25) is 0 Å². The predicted molar refractivity (Wildman–Crippen MR) is 49.3 cm³/mol. The van der Waals surface area contributed by atoms with Gasteiger partial charge >= 0.3 is 0 Å². The van der Waals surface area contributed by atoms with E-state index in [2.05, 4.69) is 18.4 Å². The van der Waals surface area contributed by atoms with Gasteiger partial charge in [-0.25, -0.2) is 0 Å². The molecule has 0 saturated heterocycles. The van der Waals surface area contributed by atoms with Crippen LogP contribution in [0.3, 0.4) is 0 Å². The normalized spacial score (nSPS) is 10.6. The van der Waals surface area contributed by atoms with Gasteiger partial charge in [0, 0.05) is 24.5 Å². The molecule has 0 saturated carbocycles. The van der Waals surface area contributed by atoms with Gasteiger partial charge in [-0.2, -0.15) is 0 Å². The summed E-state index contributed by atoms with van der Waals surface area (Å²) in [5.74, 6) is 0.715. The van der Waals surface area contributed by atoms with Crippen molar-refractivity contribution in [2.45, 2.75) is 26.8 Å². The summed E-state index contributed by atoms with van der Waals surface area (Å²) >= 11 is 0. The molecule has 0 aromatic carbocycles. The fraction of sp³-hybridized carbons (Fsp3) is 0.500. The number of aryl methyl sites for hydroxylation is 1. The summed E-state index contributed by atoms with van der Waals surface area (Å²) in [7, 11) is 0. The molecule has 0 aliphatic rings. The maximum absolute atomic E-state index is 10.3. The molecular formula is C10H15NO. The lowest BCUT2D eigenvalue weighted by Gasteiger charge is -2.04. The van der Waals surface area contributed by atoms with Gasteiger partial charge in [0.15, 0.2) is 6.29 Å². The quantitative estimate of drug-likeness (QED) is 0.628. The first kappa shape index (κ1) is 9.04. The lowest BCUT2D eigenvalue weighted by Crippen LogP contribution is -1.98. The Labute approximate surface area is 73.2 Å². The van der Waals surface area contributed by atoms with Gasteiger partial charge in [-0.05, 0) is 18.4 Å². The summed E-state index contributed by atoms with van der Waals surface area (Å²) in [6.45, 7) is 5.40. The van der Waals surface area contributed by atoms with Crippen LogP contribution in [-0.4, -0.2) is 10.9 Å². The Kier molecular flexibility index (Phi) is 3.09. The standard InChI is InChI=1S/C10H15NO/c1-9(2)3-5-11-6-4-10(7-11)8-12/h4,6-9H,3,5H2,1-2H3. The first-order valence-electron chi connectivity index (χ1n) is 4.33. The van der Waals surface area contributed by atoms with E-state index in [0.717, 1.165) is 24.8 Å². The van der Waals surface area contributed by atoms with Crippen LogP contribution in [0.1, 0.15) is 30.6 Å². The molecule has 0 radical (unpaired) electrons. The maximum atomic E-state index is 10.3. The first-order chi connectivity index (χ1) is 5.72. The van der Waals surface area contributed by atoms with Crippen LogP contribution in [0, 0.1) is 5.92 Å². The Balaban J connectivity index is 2.47. The average Bonchev–Trinajstić information content (AvgIpc) is 2.48. The van der Waals surface area contributed by atoms with Crippen molar-refractivity contribution in [2.75, 3.05) is 0 Å². The summed E-state index contributed by atoms with van der Waals surface area (Å²) in [6.07, 6.45) is 5.88. The van der Waals surface area contributed by atoms with Crippen LogP contribution in [0.15, 0.2) is 18.5 Å². The van der Waals surface area contributed by atoms with Crippen LogP contribution in [0.4, 0.5) is 0 Å². The maximum Gasteiger partial charge on any atom is 0.151 e. The summed E-state index contributed by atoms with van der Waals surface area (Å²) in [6, 6.07) is 1.84. The van der Waals surface area contributed by atoms with Crippen LogP contribution < -0.4 is 0 Å². The molecule has 0 fully saturated rings. The number of nitrogens with zero attached hydrogens (tertiary/aromatic N) is 1. The number of aromatic nitrogens is 1. The molecule has 1 rings (SSSR count). The molecule has 0 spiro atoms. The highest BCUT2D eigenvalue weighted by molar-refractivity contribution is 5.74. The summed E-state index contributed by atoms with van der Waals surface area (Å²) < 4.78 is 2.06. The second-order valence-corrected chi connectivity index (χ2v) is 3.48. The number of carbonyl (C=O) groups excluding carboxylic acids is 1. The van der Waals surface area contributed by atoms with Gasteiger partial charge in [0.1, 0.15) is 0 Å². The minimum atomic E-state index is 0.715. The Hall–Kier alpha value is -1.05. The Morgan fingerprint density at radius 3 is 2.83 bits per heavy atom. The van der Waals surface area contributed by atoms with Gasteiger partial charge in [-0.15, -0.1) is 0 Å². The van der Waals surface area contributed by atoms with E-state index in [-0.39, 0.29) is 0 Å². The van der Waals surface area contributed by atoms with Crippen LogP contribution in [0.5, 0.6) is 0 Å². The third-order valence-corrected chi connectivity index (χ3v) is 1.87. The molecule has 1 heterocycles. The molecule has 66 valence electrons. The van der Waals surface area contributed by atoms with E-state index in [1.54, 1.807) is 0 Å². The largest absolute Gasteiger partial charge is 0.354 e. The lowest BCUT2D eigenvalue weighted by molar-refractivity contribution is 0.112. The van der Waals surface area contributed by atoms with E-state index in [1.165, 1.54) is 0 Å². The van der Waals surface area contributed by atoms with Crippen molar-refractivity contribution in [1.29, 1.82) is 0 Å². The van der Waals surface area contributed by atoms with Crippen LogP contribution in [-0.2, 0) is 6.54 Å². The van der Waals surface area contributed by atoms with E-state index in [0.29, 0.717) is 5.92 Å². The highest BCUT2D eigenvalue weighted by Crippen LogP contribution is 2.04. The summed E-state index contributed by atoms with van der Waals surface area (Å²) in [5, 5.41) is 0. The average molecular weight is 165 g/mol. The van der Waals surface area contributed by atoms with Gasteiger partial charge in [-0.1, -0.05) is 13.8 Å². The van der Waals surface area contributed by atoms with E-state index in [1.807, 2.05) is 18.5 Å². The first-order valence-corrected chi connectivity index (χ1v) is 4.33. The van der Waals surface area contributed by atoms with Gasteiger partial charge < -0.3 is 4.57 Å². The topological polar surface area (TPSA) is 22.0 Å². The molecule has 2 heteroatoms. The molecule has 2 nitrogen and oxygen atoms in total. The molecule has 1 aromatic heterocycles. The van der Waals surface area contributed by atoms with E-state index >= 15 is 0 Å². The molecular weight excluding hydrogens is 150 g/mol. The van der Waals surface area contributed by atoms with Crippen molar-refractivity contribution in [3.8, 4) is 0 Å². The Morgan fingerprint density at radius 2 is 2.33 bits per heavy atom. The molecule has 0 bridgehead atoms. The van der Waals surface area contributed by atoms with Crippen molar-refractivity contribution < 1.29 is 4.79 Å². The molecule has 0 amide bonds. The SMILES string of the molecule is CC(C)CCn1ccc(C=O)c1. The minimum Gasteiger partial charge on any atom is -0.354 e. The number of carbonyl (C=O) groups is 1. The van der Waals surface area contributed by atoms with Crippen LogP contribution in [0.25, 0.3) is 0 Å². The van der Waals surface area contributed by atoms with E-state index in [4.69, 9.17) is 0 Å².